The molecule has 0 unspecified atom stereocenters. The van der Waals surface area contributed by atoms with Crippen LogP contribution in [0.1, 0.15) is 52.4 Å². The van der Waals surface area contributed by atoms with Crippen LogP contribution in [0.3, 0.4) is 0 Å². The van der Waals surface area contributed by atoms with Gasteiger partial charge in [-0.15, -0.1) is 0 Å². The molecular weight excluding hydrogens is 397 g/mol. The maximum atomic E-state index is 12.8. The normalized spacial score (nSPS) is 40.5. The third-order valence-corrected chi connectivity index (χ3v) is 8.42. The van der Waals surface area contributed by atoms with Crippen molar-refractivity contribution in [1.29, 1.82) is 0 Å². The Hall–Kier alpha value is -1.51. The SMILES string of the molecule is C[C@]12CCC(=O)OC1=CC[C@@H]1[C@@H]2CC[C@]2(C)C(OS(=O)(=O)C(F)(F)F)=CC[C@@H]12. The Balaban J connectivity index is 1.61. The van der Waals surface area contributed by atoms with Crippen LogP contribution in [0.15, 0.2) is 23.7 Å². The Morgan fingerprint density at radius 1 is 1.11 bits per heavy atom. The van der Waals surface area contributed by atoms with Crippen LogP contribution in [0.25, 0.3) is 0 Å². The summed E-state index contributed by atoms with van der Waals surface area (Å²) in [6.07, 6.45) is 6.91. The second kappa shape index (κ2) is 6.00. The van der Waals surface area contributed by atoms with Gasteiger partial charge in [-0.1, -0.05) is 13.8 Å². The highest BCUT2D eigenvalue weighted by molar-refractivity contribution is 7.87. The van der Waals surface area contributed by atoms with Crippen molar-refractivity contribution in [1.82, 2.24) is 0 Å². The zero-order valence-electron chi connectivity index (χ0n) is 15.7. The molecule has 5 atom stereocenters. The lowest BCUT2D eigenvalue weighted by Crippen LogP contribution is -2.50. The standard InChI is InChI=1S/C19H23F3O5S/c1-17-10-8-16(23)26-14(17)5-3-11-12-4-6-15(18(12,2)9-7-13(11)17)27-28(24,25)19(20,21)22/h5-6,11-13H,3-4,7-10H2,1-2H3/t11-,12-,13-,17+,18-/m0/s1. The van der Waals surface area contributed by atoms with E-state index in [1.54, 1.807) is 6.92 Å². The number of hydrogen-bond donors (Lipinski definition) is 0. The van der Waals surface area contributed by atoms with Gasteiger partial charge in [0.2, 0.25) is 0 Å². The second-order valence-electron chi connectivity index (χ2n) is 8.82. The Labute approximate surface area is 162 Å². The summed E-state index contributed by atoms with van der Waals surface area (Å²) in [6.45, 7) is 3.90. The minimum absolute atomic E-state index is 0.00284. The average molecular weight is 420 g/mol. The summed E-state index contributed by atoms with van der Waals surface area (Å²) in [5.41, 5.74) is -6.45. The van der Waals surface area contributed by atoms with Gasteiger partial charge in [-0.25, -0.2) is 0 Å². The van der Waals surface area contributed by atoms with Crippen LogP contribution in [0, 0.1) is 28.6 Å². The lowest BCUT2D eigenvalue weighted by molar-refractivity contribution is -0.151. The van der Waals surface area contributed by atoms with E-state index in [0.717, 1.165) is 12.2 Å². The first kappa shape index (κ1) is 19.8. The van der Waals surface area contributed by atoms with Crippen LogP contribution in [0.2, 0.25) is 0 Å². The molecule has 1 aliphatic heterocycles. The average Bonchev–Trinajstić information content (AvgIpc) is 2.91. The molecule has 1 saturated carbocycles. The van der Waals surface area contributed by atoms with Gasteiger partial charge in [-0.05, 0) is 62.0 Å². The number of hydrogen-bond acceptors (Lipinski definition) is 5. The van der Waals surface area contributed by atoms with E-state index in [1.165, 1.54) is 6.08 Å². The molecule has 4 aliphatic rings. The van der Waals surface area contributed by atoms with Crippen LogP contribution in [-0.2, 0) is 23.8 Å². The molecule has 1 heterocycles. The maximum Gasteiger partial charge on any atom is 0.534 e. The molecule has 4 rings (SSSR count). The van der Waals surface area contributed by atoms with E-state index < -0.39 is 21.0 Å². The van der Waals surface area contributed by atoms with Crippen LogP contribution in [0.5, 0.6) is 0 Å². The topological polar surface area (TPSA) is 69.7 Å². The number of fused-ring (bicyclic) bond motifs is 5. The summed E-state index contributed by atoms with van der Waals surface area (Å²) in [7, 11) is -5.67. The molecule has 0 radical (unpaired) electrons. The number of carbonyl (C=O) groups is 1. The van der Waals surface area contributed by atoms with Gasteiger partial charge >= 0.3 is 21.6 Å². The summed E-state index contributed by atoms with van der Waals surface area (Å²) in [5, 5.41) is 0. The summed E-state index contributed by atoms with van der Waals surface area (Å²) in [4.78, 5) is 11.7. The first-order chi connectivity index (χ1) is 12.9. The summed E-state index contributed by atoms with van der Waals surface area (Å²) in [5.74, 6) is 0.829. The third kappa shape index (κ3) is 2.72. The molecular formula is C19H23F3O5S. The lowest BCUT2D eigenvalue weighted by atomic mass is 9.50. The lowest BCUT2D eigenvalue weighted by Gasteiger charge is -2.55. The zero-order chi connectivity index (χ0) is 20.5. The molecule has 28 heavy (non-hydrogen) atoms. The van der Waals surface area contributed by atoms with E-state index in [0.29, 0.717) is 32.1 Å². The Kier molecular flexibility index (Phi) is 4.24. The van der Waals surface area contributed by atoms with E-state index in [2.05, 4.69) is 11.1 Å². The van der Waals surface area contributed by atoms with E-state index in [4.69, 9.17) is 4.74 Å². The fourth-order valence-corrected chi connectivity index (χ4v) is 6.48. The minimum atomic E-state index is -5.67. The second-order valence-corrected chi connectivity index (χ2v) is 10.4. The Morgan fingerprint density at radius 2 is 1.82 bits per heavy atom. The molecule has 5 nitrogen and oxygen atoms in total. The highest BCUT2D eigenvalue weighted by atomic mass is 32.2. The zero-order valence-corrected chi connectivity index (χ0v) is 16.5. The molecule has 0 aromatic heterocycles. The van der Waals surface area contributed by atoms with Crippen molar-refractivity contribution in [2.45, 2.75) is 57.9 Å². The third-order valence-electron chi connectivity index (χ3n) is 7.46. The molecule has 0 N–H and O–H groups in total. The van der Waals surface area contributed by atoms with Crippen molar-refractivity contribution in [2.24, 2.45) is 28.6 Å². The molecule has 0 bridgehead atoms. The van der Waals surface area contributed by atoms with Gasteiger partial charge in [-0.3, -0.25) is 4.79 Å². The van der Waals surface area contributed by atoms with Gasteiger partial charge in [0.15, 0.2) is 0 Å². The monoisotopic (exact) mass is 420 g/mol. The van der Waals surface area contributed by atoms with Crippen LogP contribution in [0.4, 0.5) is 13.2 Å². The molecule has 0 aromatic carbocycles. The van der Waals surface area contributed by atoms with Crippen molar-refractivity contribution in [3.63, 3.8) is 0 Å². The van der Waals surface area contributed by atoms with Gasteiger partial charge in [0, 0.05) is 17.3 Å². The first-order valence-corrected chi connectivity index (χ1v) is 10.9. The number of allylic oxidation sites excluding steroid dienone is 4. The van der Waals surface area contributed by atoms with Crippen molar-refractivity contribution >= 4 is 16.1 Å². The number of rotatable bonds is 2. The highest BCUT2D eigenvalue weighted by Gasteiger charge is 2.60. The number of halogens is 3. The van der Waals surface area contributed by atoms with Crippen LogP contribution in [-0.4, -0.2) is 19.9 Å². The quantitative estimate of drug-likeness (QED) is 0.376. The van der Waals surface area contributed by atoms with Crippen LogP contribution >= 0.6 is 0 Å². The summed E-state index contributed by atoms with van der Waals surface area (Å²) in [6, 6.07) is 0. The molecule has 0 amide bonds. The molecule has 2 fully saturated rings. The Morgan fingerprint density at radius 3 is 2.50 bits per heavy atom. The van der Waals surface area contributed by atoms with Crippen molar-refractivity contribution in [3.05, 3.63) is 23.7 Å². The number of ether oxygens (including phenoxy) is 1. The smallest absolute Gasteiger partial charge is 0.431 e. The van der Waals surface area contributed by atoms with Gasteiger partial charge in [0.25, 0.3) is 0 Å². The number of carbonyl (C=O) groups excluding carboxylic acids is 1. The largest absolute Gasteiger partial charge is 0.534 e. The number of esters is 1. The van der Waals surface area contributed by atoms with Gasteiger partial charge in [0.1, 0.15) is 11.5 Å². The minimum Gasteiger partial charge on any atom is -0.431 e. The molecule has 9 heteroatoms. The van der Waals surface area contributed by atoms with E-state index in [-0.39, 0.29) is 34.9 Å². The summed E-state index contributed by atoms with van der Waals surface area (Å²) < 4.78 is 71.5. The summed E-state index contributed by atoms with van der Waals surface area (Å²) >= 11 is 0. The molecule has 156 valence electrons. The molecule has 3 aliphatic carbocycles. The van der Waals surface area contributed by atoms with E-state index in [1.807, 2.05) is 6.08 Å². The van der Waals surface area contributed by atoms with Gasteiger partial charge < -0.3 is 8.92 Å². The van der Waals surface area contributed by atoms with Crippen LogP contribution < -0.4 is 0 Å². The first-order valence-electron chi connectivity index (χ1n) is 9.51. The Bertz CT molecular complexity index is 874. The van der Waals surface area contributed by atoms with Gasteiger partial charge in [-0.2, -0.15) is 21.6 Å². The predicted octanol–water partition coefficient (Wildman–Crippen LogP) is 4.42. The molecule has 1 saturated heterocycles. The van der Waals surface area contributed by atoms with Crippen molar-refractivity contribution in [3.8, 4) is 0 Å². The molecule has 0 aromatic rings. The molecule has 0 spiro atoms. The van der Waals surface area contributed by atoms with Gasteiger partial charge in [0.05, 0.1) is 0 Å². The number of alkyl halides is 3. The van der Waals surface area contributed by atoms with Crippen molar-refractivity contribution < 1.29 is 35.3 Å². The highest BCUT2D eigenvalue weighted by Crippen LogP contribution is 2.64. The van der Waals surface area contributed by atoms with E-state index in [9.17, 15) is 26.4 Å². The maximum absolute atomic E-state index is 12.8. The predicted molar refractivity (Wildman–Crippen MR) is 92.7 cm³/mol. The van der Waals surface area contributed by atoms with Crippen molar-refractivity contribution in [2.75, 3.05) is 0 Å². The fourth-order valence-electron chi connectivity index (χ4n) is 5.89. The van der Waals surface area contributed by atoms with E-state index >= 15 is 0 Å². The fraction of sp³-hybridized carbons (Fsp3) is 0.737.